The van der Waals surface area contributed by atoms with Crippen LogP contribution in [0.15, 0.2) is 18.2 Å². The third kappa shape index (κ3) is 5.66. The van der Waals surface area contributed by atoms with Crippen LogP contribution in [-0.2, 0) is 14.3 Å². The Morgan fingerprint density at radius 2 is 1.89 bits per heavy atom. The van der Waals surface area contributed by atoms with E-state index in [0.717, 1.165) is 18.4 Å². The minimum atomic E-state index is -4.90. The van der Waals surface area contributed by atoms with Gasteiger partial charge in [0.05, 0.1) is 6.26 Å². The Labute approximate surface area is 113 Å². The van der Waals surface area contributed by atoms with E-state index in [1.54, 1.807) is 0 Å². The summed E-state index contributed by atoms with van der Waals surface area (Å²) in [5.41, 5.74) is -0.116. The third-order valence-corrected chi connectivity index (χ3v) is 2.83. The lowest BCUT2D eigenvalue weighted by molar-refractivity contribution is -0.275. The van der Waals surface area contributed by atoms with Gasteiger partial charge in [0, 0.05) is 10.6 Å². The molecule has 0 spiro atoms. The molecule has 0 amide bonds. The van der Waals surface area contributed by atoms with Gasteiger partial charge >= 0.3 is 6.36 Å². The van der Waals surface area contributed by atoms with E-state index in [-0.39, 0.29) is 10.6 Å². The van der Waals surface area contributed by atoms with Gasteiger partial charge in [-0.25, -0.2) is 0 Å². The van der Waals surface area contributed by atoms with Gasteiger partial charge in [-0.1, -0.05) is 11.6 Å². The number of hydrogen-bond acceptors (Lipinski definition) is 4. The van der Waals surface area contributed by atoms with Crippen LogP contribution in [0.1, 0.15) is 18.6 Å². The van der Waals surface area contributed by atoms with E-state index in [1.165, 1.54) is 13.0 Å². The summed E-state index contributed by atoms with van der Waals surface area (Å²) >= 11 is 5.66. The fourth-order valence-corrected chi connectivity index (χ4v) is 2.18. The predicted molar refractivity (Wildman–Crippen MR) is 62.5 cm³/mol. The quantitative estimate of drug-likeness (QED) is 0.799. The Morgan fingerprint density at radius 1 is 1.32 bits per heavy atom. The molecule has 0 bridgehead atoms. The maximum absolute atomic E-state index is 12.2. The molecule has 0 saturated carbocycles. The fraction of sp³-hybridized carbons (Fsp3) is 0.400. The first kappa shape index (κ1) is 16.1. The molecule has 1 aromatic rings. The average Bonchev–Trinajstić information content (AvgIpc) is 2.16. The smallest absolute Gasteiger partial charge is 0.405 e. The van der Waals surface area contributed by atoms with Crippen molar-refractivity contribution in [3.8, 4) is 5.75 Å². The van der Waals surface area contributed by atoms with Gasteiger partial charge in [-0.15, -0.1) is 13.2 Å². The number of ether oxygens (including phenoxy) is 1. The van der Waals surface area contributed by atoms with Crippen LogP contribution in [0.4, 0.5) is 13.2 Å². The van der Waals surface area contributed by atoms with Gasteiger partial charge in [-0.05, 0) is 25.1 Å². The largest absolute Gasteiger partial charge is 0.573 e. The number of benzene rings is 1. The molecule has 108 valence electrons. The van der Waals surface area contributed by atoms with E-state index >= 15 is 0 Å². The summed E-state index contributed by atoms with van der Waals surface area (Å²) in [5, 5.41) is 0.133. The van der Waals surface area contributed by atoms with Crippen LogP contribution in [-0.4, -0.2) is 21.0 Å². The molecule has 9 heteroatoms. The lowest BCUT2D eigenvalue weighted by atomic mass is 10.1. The van der Waals surface area contributed by atoms with Gasteiger partial charge in [-0.3, -0.25) is 4.18 Å². The standard InChI is InChI=1S/C10H10ClF3O4S/c1-6(18-19(2,15)16)8-5-7(11)3-4-9(8)17-10(12,13)14/h3-6H,1-2H3. The van der Waals surface area contributed by atoms with Crippen LogP contribution in [0.5, 0.6) is 5.75 Å². The normalized spacial score (nSPS) is 14.2. The van der Waals surface area contributed by atoms with Crippen molar-refractivity contribution in [2.45, 2.75) is 19.4 Å². The van der Waals surface area contributed by atoms with Gasteiger partial charge in [0.1, 0.15) is 11.9 Å². The minimum absolute atomic E-state index is 0.116. The molecule has 1 aromatic carbocycles. The molecule has 0 aliphatic rings. The average molecular weight is 319 g/mol. The van der Waals surface area contributed by atoms with Crippen molar-refractivity contribution in [2.75, 3.05) is 6.26 Å². The van der Waals surface area contributed by atoms with E-state index in [0.29, 0.717) is 0 Å². The highest BCUT2D eigenvalue weighted by molar-refractivity contribution is 7.86. The zero-order chi connectivity index (χ0) is 14.8. The van der Waals surface area contributed by atoms with Crippen LogP contribution in [0.2, 0.25) is 5.02 Å². The summed E-state index contributed by atoms with van der Waals surface area (Å²) in [6.07, 6.45) is -5.27. The number of alkyl halides is 3. The van der Waals surface area contributed by atoms with Crippen molar-refractivity contribution in [3.05, 3.63) is 28.8 Å². The molecule has 0 heterocycles. The molecular formula is C10H10ClF3O4S. The van der Waals surface area contributed by atoms with Crippen molar-refractivity contribution in [3.63, 3.8) is 0 Å². The molecule has 1 atom stereocenters. The zero-order valence-corrected chi connectivity index (χ0v) is 11.4. The second kappa shape index (κ2) is 5.56. The van der Waals surface area contributed by atoms with Crippen molar-refractivity contribution in [1.29, 1.82) is 0 Å². The Balaban J connectivity index is 3.13. The minimum Gasteiger partial charge on any atom is -0.405 e. The van der Waals surface area contributed by atoms with Crippen LogP contribution >= 0.6 is 11.6 Å². The van der Waals surface area contributed by atoms with E-state index in [2.05, 4.69) is 8.92 Å². The van der Waals surface area contributed by atoms with Crippen LogP contribution in [0.25, 0.3) is 0 Å². The molecule has 0 aliphatic heterocycles. The molecule has 0 aliphatic carbocycles. The molecule has 0 N–H and O–H groups in total. The Bertz CT molecular complexity index is 556. The van der Waals surface area contributed by atoms with Gasteiger partial charge in [-0.2, -0.15) is 8.42 Å². The first-order valence-electron chi connectivity index (χ1n) is 4.91. The van der Waals surface area contributed by atoms with E-state index in [4.69, 9.17) is 11.6 Å². The zero-order valence-electron chi connectivity index (χ0n) is 9.86. The Kier molecular flexibility index (Phi) is 4.70. The summed E-state index contributed by atoms with van der Waals surface area (Å²) in [6.45, 7) is 1.27. The summed E-state index contributed by atoms with van der Waals surface area (Å²) in [4.78, 5) is 0. The van der Waals surface area contributed by atoms with Gasteiger partial charge in [0.25, 0.3) is 10.1 Å². The van der Waals surface area contributed by atoms with Crippen molar-refractivity contribution < 1.29 is 30.5 Å². The lowest BCUT2D eigenvalue weighted by Gasteiger charge is -2.17. The first-order chi connectivity index (χ1) is 8.48. The summed E-state index contributed by atoms with van der Waals surface area (Å²) < 4.78 is 67.0. The number of hydrogen-bond donors (Lipinski definition) is 0. The molecular weight excluding hydrogens is 309 g/mol. The van der Waals surface area contributed by atoms with Gasteiger partial charge in [0.2, 0.25) is 0 Å². The highest BCUT2D eigenvalue weighted by atomic mass is 35.5. The summed E-state index contributed by atoms with van der Waals surface area (Å²) in [6, 6.07) is 3.34. The monoisotopic (exact) mass is 318 g/mol. The van der Waals surface area contributed by atoms with Crippen LogP contribution < -0.4 is 4.74 Å². The molecule has 0 fully saturated rings. The highest BCUT2D eigenvalue weighted by Gasteiger charge is 2.33. The summed E-state index contributed by atoms with van der Waals surface area (Å²) in [5.74, 6) is -0.562. The maximum atomic E-state index is 12.2. The Morgan fingerprint density at radius 3 is 2.37 bits per heavy atom. The van der Waals surface area contributed by atoms with Gasteiger partial charge in [0.15, 0.2) is 0 Å². The number of halogens is 4. The van der Waals surface area contributed by atoms with Gasteiger partial charge < -0.3 is 4.74 Å². The molecule has 19 heavy (non-hydrogen) atoms. The first-order valence-corrected chi connectivity index (χ1v) is 7.11. The molecule has 0 saturated heterocycles. The highest BCUT2D eigenvalue weighted by Crippen LogP contribution is 2.34. The lowest BCUT2D eigenvalue weighted by Crippen LogP contribution is -2.19. The molecule has 1 rings (SSSR count). The predicted octanol–water partition coefficient (Wildman–Crippen LogP) is 3.28. The topological polar surface area (TPSA) is 52.6 Å². The maximum Gasteiger partial charge on any atom is 0.573 e. The second-order valence-corrected chi connectivity index (χ2v) is 5.71. The molecule has 1 unspecified atom stereocenters. The van der Waals surface area contributed by atoms with Crippen LogP contribution in [0.3, 0.4) is 0 Å². The van der Waals surface area contributed by atoms with Crippen molar-refractivity contribution in [2.24, 2.45) is 0 Å². The van der Waals surface area contributed by atoms with Crippen molar-refractivity contribution in [1.82, 2.24) is 0 Å². The molecule has 0 radical (unpaired) electrons. The molecule has 4 nitrogen and oxygen atoms in total. The Hall–Kier alpha value is -0.990. The van der Waals surface area contributed by atoms with Crippen LogP contribution in [0, 0.1) is 0 Å². The van der Waals surface area contributed by atoms with Crippen molar-refractivity contribution >= 4 is 21.7 Å². The second-order valence-electron chi connectivity index (χ2n) is 3.67. The molecule has 0 aromatic heterocycles. The third-order valence-electron chi connectivity index (χ3n) is 1.95. The number of rotatable bonds is 4. The summed E-state index contributed by atoms with van der Waals surface area (Å²) in [7, 11) is -3.82. The fourth-order valence-electron chi connectivity index (χ4n) is 1.37. The SMILES string of the molecule is CC(OS(C)(=O)=O)c1cc(Cl)ccc1OC(F)(F)F. The van der Waals surface area contributed by atoms with E-state index in [1.807, 2.05) is 0 Å². The van der Waals surface area contributed by atoms with E-state index in [9.17, 15) is 21.6 Å². The van der Waals surface area contributed by atoms with E-state index < -0.39 is 28.3 Å².